The minimum Gasteiger partial charge on any atom is -0.494 e. The SMILES string of the molecule is CC(OC(=O)CCCOc1ccc([S+](c2ccccc2)c2ccccc2)cc1)C(F)(F)S(=O)(=O)O. The van der Waals surface area contributed by atoms with E-state index in [1.807, 2.05) is 60.7 Å². The Hall–Kier alpha value is -2.95. The van der Waals surface area contributed by atoms with Gasteiger partial charge in [0.2, 0.25) is 0 Å². The van der Waals surface area contributed by atoms with Crippen LogP contribution in [0.25, 0.3) is 0 Å². The predicted molar refractivity (Wildman–Crippen MR) is 128 cm³/mol. The van der Waals surface area contributed by atoms with Crippen LogP contribution in [0.1, 0.15) is 19.8 Å². The molecule has 0 aliphatic heterocycles. The lowest BCUT2D eigenvalue weighted by atomic mass is 10.3. The summed E-state index contributed by atoms with van der Waals surface area (Å²) in [6, 6.07) is 27.9. The third kappa shape index (κ3) is 7.03. The van der Waals surface area contributed by atoms with Crippen LogP contribution in [0.5, 0.6) is 5.75 Å². The summed E-state index contributed by atoms with van der Waals surface area (Å²) in [7, 11) is -5.98. The number of benzene rings is 3. The van der Waals surface area contributed by atoms with Crippen molar-refractivity contribution in [3.05, 3.63) is 84.9 Å². The summed E-state index contributed by atoms with van der Waals surface area (Å²) in [5, 5.41) is -4.58. The molecular formula is C25H25F2O6S2+. The quantitative estimate of drug-likeness (QED) is 0.158. The first kappa shape index (κ1) is 26.7. The number of carbonyl (C=O) groups excluding carboxylic acids is 1. The van der Waals surface area contributed by atoms with Gasteiger partial charge in [-0.25, -0.2) is 0 Å². The van der Waals surface area contributed by atoms with Crippen LogP contribution in [0, 0.1) is 0 Å². The Morgan fingerprint density at radius 3 is 1.89 bits per heavy atom. The molecule has 0 saturated carbocycles. The smallest absolute Gasteiger partial charge is 0.405 e. The van der Waals surface area contributed by atoms with Gasteiger partial charge in [0.15, 0.2) is 20.8 Å². The maximum absolute atomic E-state index is 13.5. The lowest BCUT2D eigenvalue weighted by Gasteiger charge is -2.20. The van der Waals surface area contributed by atoms with E-state index in [-0.39, 0.29) is 30.3 Å². The summed E-state index contributed by atoms with van der Waals surface area (Å²) >= 11 is 0. The molecule has 3 aromatic rings. The molecule has 0 radical (unpaired) electrons. The van der Waals surface area contributed by atoms with Crippen LogP contribution in [0.15, 0.2) is 99.6 Å². The van der Waals surface area contributed by atoms with Crippen LogP contribution in [-0.2, 0) is 30.5 Å². The van der Waals surface area contributed by atoms with Crippen LogP contribution < -0.4 is 4.74 Å². The Balaban J connectivity index is 1.55. The Labute approximate surface area is 206 Å². The number of halogens is 2. The van der Waals surface area contributed by atoms with Gasteiger partial charge in [-0.3, -0.25) is 9.35 Å². The lowest BCUT2D eigenvalue weighted by molar-refractivity contribution is -0.159. The van der Waals surface area contributed by atoms with Gasteiger partial charge in [0.1, 0.15) is 5.75 Å². The molecule has 0 aromatic heterocycles. The van der Waals surface area contributed by atoms with E-state index in [2.05, 4.69) is 29.0 Å². The zero-order chi connectivity index (χ0) is 25.5. The Morgan fingerprint density at radius 2 is 1.40 bits per heavy atom. The van der Waals surface area contributed by atoms with Gasteiger partial charge in [-0.15, -0.1) is 0 Å². The predicted octanol–water partition coefficient (Wildman–Crippen LogP) is 5.35. The van der Waals surface area contributed by atoms with E-state index >= 15 is 0 Å². The summed E-state index contributed by atoms with van der Waals surface area (Å²) in [5.41, 5.74) is 0. The molecule has 0 fully saturated rings. The first-order valence-electron chi connectivity index (χ1n) is 10.7. The van der Waals surface area contributed by atoms with E-state index in [1.165, 1.54) is 9.79 Å². The first-order chi connectivity index (χ1) is 16.6. The number of alkyl halides is 2. The molecule has 0 bridgehead atoms. The monoisotopic (exact) mass is 523 g/mol. The van der Waals surface area contributed by atoms with E-state index in [4.69, 9.17) is 9.29 Å². The number of rotatable bonds is 11. The van der Waals surface area contributed by atoms with Gasteiger partial charge in [-0.2, -0.15) is 17.2 Å². The second kappa shape index (κ2) is 11.7. The van der Waals surface area contributed by atoms with Crippen LogP contribution >= 0.6 is 0 Å². The van der Waals surface area contributed by atoms with Gasteiger partial charge < -0.3 is 9.47 Å². The van der Waals surface area contributed by atoms with Gasteiger partial charge in [-0.1, -0.05) is 36.4 Å². The molecule has 35 heavy (non-hydrogen) atoms. The lowest BCUT2D eigenvalue weighted by Crippen LogP contribution is -2.42. The van der Waals surface area contributed by atoms with Crippen LogP contribution in [0.2, 0.25) is 0 Å². The Bertz CT molecular complexity index is 1160. The van der Waals surface area contributed by atoms with Crippen LogP contribution in [0.4, 0.5) is 8.78 Å². The van der Waals surface area contributed by atoms with E-state index in [0.717, 1.165) is 4.90 Å². The topological polar surface area (TPSA) is 89.9 Å². The highest BCUT2D eigenvalue weighted by molar-refractivity contribution is 7.97. The van der Waals surface area contributed by atoms with E-state index in [1.54, 1.807) is 0 Å². The molecule has 3 aromatic carbocycles. The van der Waals surface area contributed by atoms with Crippen molar-refractivity contribution in [2.75, 3.05) is 6.61 Å². The van der Waals surface area contributed by atoms with Crippen molar-refractivity contribution in [3.8, 4) is 5.75 Å². The molecule has 0 saturated heterocycles. The van der Waals surface area contributed by atoms with Crippen molar-refractivity contribution in [3.63, 3.8) is 0 Å². The van der Waals surface area contributed by atoms with Crippen molar-refractivity contribution in [1.82, 2.24) is 0 Å². The van der Waals surface area contributed by atoms with Crippen molar-refractivity contribution in [1.29, 1.82) is 0 Å². The fourth-order valence-electron chi connectivity index (χ4n) is 3.13. The maximum Gasteiger partial charge on any atom is 0.405 e. The second-order valence-corrected chi connectivity index (χ2v) is 11.0. The number of carbonyl (C=O) groups is 1. The molecule has 0 aliphatic rings. The molecular weight excluding hydrogens is 498 g/mol. The number of esters is 1. The highest BCUT2D eigenvalue weighted by Crippen LogP contribution is 2.32. The maximum atomic E-state index is 13.5. The van der Waals surface area contributed by atoms with Gasteiger partial charge >= 0.3 is 21.3 Å². The van der Waals surface area contributed by atoms with Crippen molar-refractivity contribution in [2.24, 2.45) is 0 Å². The minimum atomic E-state index is -5.69. The third-order valence-corrected chi connectivity index (χ3v) is 8.19. The molecule has 3 rings (SSSR count). The van der Waals surface area contributed by atoms with Crippen LogP contribution in [-0.4, -0.2) is 36.9 Å². The molecule has 1 atom stereocenters. The summed E-state index contributed by atoms with van der Waals surface area (Å²) in [4.78, 5) is 15.2. The number of hydrogen-bond acceptors (Lipinski definition) is 5. The summed E-state index contributed by atoms with van der Waals surface area (Å²) in [6.45, 7) is 0.823. The molecule has 186 valence electrons. The summed E-state index contributed by atoms with van der Waals surface area (Å²) in [5.74, 6) is -0.437. The molecule has 0 aliphatic carbocycles. The van der Waals surface area contributed by atoms with Gasteiger partial charge in [0.05, 0.1) is 17.5 Å². The fourth-order valence-corrected chi connectivity index (χ4v) is 5.69. The molecule has 0 spiro atoms. The summed E-state index contributed by atoms with van der Waals surface area (Å²) in [6.07, 6.45) is -2.40. The molecule has 0 amide bonds. The molecule has 1 N–H and O–H groups in total. The first-order valence-corrected chi connectivity index (χ1v) is 13.4. The molecule has 10 heteroatoms. The zero-order valence-electron chi connectivity index (χ0n) is 18.8. The van der Waals surface area contributed by atoms with E-state index in [9.17, 15) is 22.0 Å². The van der Waals surface area contributed by atoms with Gasteiger partial charge in [0.25, 0.3) is 0 Å². The Morgan fingerprint density at radius 1 is 0.914 bits per heavy atom. The molecule has 6 nitrogen and oxygen atoms in total. The summed E-state index contributed by atoms with van der Waals surface area (Å²) < 4.78 is 67.0. The standard InChI is InChI=1S/C25H24F2O6S2/c1-19(25(26,27)35(29,30)31)33-24(28)13-8-18-32-20-14-16-23(17-15-20)34(21-9-4-2-5-10-21)22-11-6-3-7-12-22/h2-7,9-12,14-17,19H,8,13,18H2,1H3/p+1. The second-order valence-electron chi connectivity index (χ2n) is 7.52. The van der Waals surface area contributed by atoms with Crippen molar-refractivity contribution in [2.45, 2.75) is 45.8 Å². The largest absolute Gasteiger partial charge is 0.494 e. The third-order valence-electron chi connectivity index (χ3n) is 4.94. The number of ether oxygens (including phenoxy) is 2. The molecule has 0 heterocycles. The van der Waals surface area contributed by atoms with Crippen LogP contribution in [0.3, 0.4) is 0 Å². The van der Waals surface area contributed by atoms with Crippen molar-refractivity contribution >= 4 is 27.0 Å². The highest BCUT2D eigenvalue weighted by Gasteiger charge is 2.51. The van der Waals surface area contributed by atoms with Gasteiger partial charge in [-0.05, 0) is 61.9 Å². The average molecular weight is 524 g/mol. The fraction of sp³-hybridized carbons (Fsp3) is 0.240. The molecule has 1 unspecified atom stereocenters. The van der Waals surface area contributed by atoms with Gasteiger partial charge in [0, 0.05) is 6.42 Å². The zero-order valence-corrected chi connectivity index (χ0v) is 20.5. The number of hydrogen-bond donors (Lipinski definition) is 1. The van der Waals surface area contributed by atoms with E-state index < -0.39 is 27.4 Å². The van der Waals surface area contributed by atoms with Crippen molar-refractivity contribution < 1.29 is 36.0 Å². The average Bonchev–Trinajstić information content (AvgIpc) is 2.83. The minimum absolute atomic E-state index is 0.126. The normalized spacial score (nSPS) is 12.8. The highest BCUT2D eigenvalue weighted by atomic mass is 32.2. The Kier molecular flexibility index (Phi) is 8.87. The van der Waals surface area contributed by atoms with E-state index in [0.29, 0.717) is 12.7 Å².